The van der Waals surface area contributed by atoms with Gasteiger partial charge < -0.3 is 9.64 Å². The van der Waals surface area contributed by atoms with E-state index in [1.54, 1.807) is 4.90 Å². The van der Waals surface area contributed by atoms with Crippen molar-refractivity contribution in [3.63, 3.8) is 0 Å². The molecule has 0 N–H and O–H groups in total. The van der Waals surface area contributed by atoms with E-state index in [1.807, 2.05) is 18.2 Å². The topological polar surface area (TPSA) is 46.6 Å². The maximum absolute atomic E-state index is 11.9. The van der Waals surface area contributed by atoms with Gasteiger partial charge in [-0.1, -0.05) is 18.2 Å². The molecular formula is C14H17NO3. The average molecular weight is 247 g/mol. The van der Waals surface area contributed by atoms with Crippen molar-refractivity contribution in [1.82, 2.24) is 0 Å². The predicted octanol–water partition coefficient (Wildman–Crippen LogP) is 1.92. The van der Waals surface area contributed by atoms with E-state index in [2.05, 4.69) is 10.8 Å². The van der Waals surface area contributed by atoms with Crippen molar-refractivity contribution in [2.24, 2.45) is 0 Å². The highest BCUT2D eigenvalue weighted by Crippen LogP contribution is 2.27. The van der Waals surface area contributed by atoms with E-state index in [4.69, 9.17) is 0 Å². The summed E-state index contributed by atoms with van der Waals surface area (Å²) >= 11 is 0. The average Bonchev–Trinajstić information content (AvgIpc) is 2.41. The molecule has 0 fully saturated rings. The van der Waals surface area contributed by atoms with Gasteiger partial charge in [-0.15, -0.1) is 0 Å². The van der Waals surface area contributed by atoms with Gasteiger partial charge in [0.15, 0.2) is 0 Å². The molecule has 1 aromatic rings. The Labute approximate surface area is 107 Å². The fourth-order valence-electron chi connectivity index (χ4n) is 2.23. The highest BCUT2D eigenvalue weighted by atomic mass is 16.5. The molecule has 1 amide bonds. The van der Waals surface area contributed by atoms with E-state index in [1.165, 1.54) is 12.7 Å². The van der Waals surface area contributed by atoms with E-state index >= 15 is 0 Å². The number of methoxy groups -OCH3 is 1. The van der Waals surface area contributed by atoms with Crippen LogP contribution in [0.15, 0.2) is 24.3 Å². The molecule has 96 valence electrons. The number of carbonyl (C=O) groups excluding carboxylic acids is 2. The van der Waals surface area contributed by atoms with Crippen LogP contribution in [0.4, 0.5) is 5.69 Å². The Morgan fingerprint density at radius 1 is 1.33 bits per heavy atom. The molecule has 1 heterocycles. The van der Waals surface area contributed by atoms with Crippen molar-refractivity contribution in [2.45, 2.75) is 25.7 Å². The fourth-order valence-corrected chi connectivity index (χ4v) is 2.23. The zero-order valence-electron chi connectivity index (χ0n) is 10.5. The minimum atomic E-state index is -0.229. The smallest absolute Gasteiger partial charge is 0.305 e. The van der Waals surface area contributed by atoms with Gasteiger partial charge in [-0.3, -0.25) is 9.59 Å². The second kappa shape index (κ2) is 5.67. The summed E-state index contributed by atoms with van der Waals surface area (Å²) in [7, 11) is 1.38. The van der Waals surface area contributed by atoms with Crippen LogP contribution < -0.4 is 4.90 Å². The molecule has 0 aliphatic carbocycles. The number of hydrogen-bond donors (Lipinski definition) is 0. The van der Waals surface area contributed by atoms with Crippen LogP contribution >= 0.6 is 0 Å². The summed E-state index contributed by atoms with van der Waals surface area (Å²) in [5, 5.41) is 0. The molecule has 0 saturated carbocycles. The Hall–Kier alpha value is -1.84. The number of ether oxygens (including phenoxy) is 1. The third-order valence-corrected chi connectivity index (χ3v) is 3.18. The number of fused-ring (bicyclic) bond motifs is 1. The molecule has 1 aromatic carbocycles. The number of carbonyl (C=O) groups is 2. The Morgan fingerprint density at radius 2 is 2.11 bits per heavy atom. The summed E-state index contributed by atoms with van der Waals surface area (Å²) in [5.41, 5.74) is 2.19. The number of nitrogens with zero attached hydrogens (tertiary/aromatic N) is 1. The van der Waals surface area contributed by atoms with E-state index < -0.39 is 0 Å². The highest BCUT2D eigenvalue weighted by Gasteiger charge is 2.23. The minimum absolute atomic E-state index is 0.138. The van der Waals surface area contributed by atoms with Gasteiger partial charge in [-0.25, -0.2) is 0 Å². The maximum Gasteiger partial charge on any atom is 0.305 e. The van der Waals surface area contributed by atoms with Gasteiger partial charge >= 0.3 is 5.97 Å². The fraction of sp³-hybridized carbons (Fsp3) is 0.429. The monoisotopic (exact) mass is 247 g/mol. The quantitative estimate of drug-likeness (QED) is 0.764. The van der Waals surface area contributed by atoms with Crippen LogP contribution in [0.2, 0.25) is 0 Å². The molecule has 1 aliphatic heterocycles. The maximum atomic E-state index is 11.9. The number of esters is 1. The van der Waals surface area contributed by atoms with Gasteiger partial charge in [0.05, 0.1) is 7.11 Å². The Morgan fingerprint density at radius 3 is 2.89 bits per heavy atom. The van der Waals surface area contributed by atoms with Gasteiger partial charge in [0.1, 0.15) is 0 Å². The molecule has 0 aromatic heterocycles. The van der Waals surface area contributed by atoms with Gasteiger partial charge in [0.2, 0.25) is 5.91 Å². The van der Waals surface area contributed by atoms with Crippen LogP contribution in [-0.2, 0) is 20.7 Å². The predicted molar refractivity (Wildman–Crippen MR) is 68.4 cm³/mol. The third kappa shape index (κ3) is 2.70. The highest BCUT2D eigenvalue weighted by molar-refractivity contribution is 5.96. The molecule has 0 saturated heterocycles. The lowest BCUT2D eigenvalue weighted by molar-refractivity contribution is -0.140. The number of benzene rings is 1. The zero-order chi connectivity index (χ0) is 13.0. The first-order chi connectivity index (χ1) is 8.72. The van der Waals surface area contributed by atoms with E-state index in [9.17, 15) is 9.59 Å². The molecule has 0 spiro atoms. The summed E-state index contributed by atoms with van der Waals surface area (Å²) in [4.78, 5) is 24.7. The Bertz CT molecular complexity index is 456. The standard InChI is InChI=1S/C14H17NO3/c1-18-14(17)7-4-10-15-12-6-3-2-5-11(12)8-9-13(15)16/h2-3,5-6H,4,7-10H2,1H3. The first kappa shape index (κ1) is 12.6. The van der Waals surface area contributed by atoms with Crippen molar-refractivity contribution in [2.75, 3.05) is 18.6 Å². The van der Waals surface area contributed by atoms with Crippen LogP contribution in [0.25, 0.3) is 0 Å². The van der Waals surface area contributed by atoms with Crippen molar-refractivity contribution in [3.8, 4) is 0 Å². The van der Waals surface area contributed by atoms with Crippen molar-refractivity contribution < 1.29 is 14.3 Å². The van der Waals surface area contributed by atoms with Crippen LogP contribution in [0.5, 0.6) is 0 Å². The first-order valence-electron chi connectivity index (χ1n) is 6.17. The van der Waals surface area contributed by atoms with Gasteiger partial charge in [0.25, 0.3) is 0 Å². The second-order valence-electron chi connectivity index (χ2n) is 4.35. The summed E-state index contributed by atoms with van der Waals surface area (Å²) in [6, 6.07) is 7.94. The lowest BCUT2D eigenvalue weighted by Crippen LogP contribution is -2.36. The zero-order valence-corrected chi connectivity index (χ0v) is 10.5. The van der Waals surface area contributed by atoms with Gasteiger partial charge in [-0.05, 0) is 24.5 Å². The SMILES string of the molecule is COC(=O)CCCN1C(=O)CCc2ccccc21. The molecule has 0 radical (unpaired) electrons. The summed E-state index contributed by atoms with van der Waals surface area (Å²) < 4.78 is 4.59. The number of para-hydroxylation sites is 1. The first-order valence-corrected chi connectivity index (χ1v) is 6.17. The molecule has 18 heavy (non-hydrogen) atoms. The van der Waals surface area contributed by atoms with Crippen LogP contribution in [-0.4, -0.2) is 25.5 Å². The summed E-state index contributed by atoms with van der Waals surface area (Å²) in [6.45, 7) is 0.574. The molecule has 0 unspecified atom stereocenters. The minimum Gasteiger partial charge on any atom is -0.469 e. The second-order valence-corrected chi connectivity index (χ2v) is 4.35. The molecule has 2 rings (SSSR count). The number of aryl methyl sites for hydroxylation is 1. The number of hydrogen-bond acceptors (Lipinski definition) is 3. The van der Waals surface area contributed by atoms with Crippen LogP contribution in [0.1, 0.15) is 24.8 Å². The number of amides is 1. The van der Waals surface area contributed by atoms with Crippen molar-refractivity contribution >= 4 is 17.6 Å². The molecule has 4 heteroatoms. The summed E-state index contributed by atoms with van der Waals surface area (Å²) in [5.74, 6) is -0.0914. The molecule has 0 bridgehead atoms. The largest absolute Gasteiger partial charge is 0.469 e. The van der Waals surface area contributed by atoms with E-state index in [0.29, 0.717) is 25.8 Å². The Kier molecular flexibility index (Phi) is 3.97. The molecule has 1 aliphatic rings. The van der Waals surface area contributed by atoms with Crippen LogP contribution in [0, 0.1) is 0 Å². The summed E-state index contributed by atoms with van der Waals surface area (Å²) in [6.07, 6.45) is 2.34. The van der Waals surface area contributed by atoms with Gasteiger partial charge in [0, 0.05) is 25.1 Å². The normalized spacial score (nSPS) is 14.3. The molecular weight excluding hydrogens is 230 g/mol. The number of anilines is 1. The van der Waals surface area contributed by atoms with Crippen LogP contribution in [0.3, 0.4) is 0 Å². The lowest BCUT2D eigenvalue weighted by Gasteiger charge is -2.29. The van der Waals surface area contributed by atoms with Gasteiger partial charge in [-0.2, -0.15) is 0 Å². The molecule has 0 atom stereocenters. The third-order valence-electron chi connectivity index (χ3n) is 3.18. The van der Waals surface area contributed by atoms with E-state index in [0.717, 1.165) is 12.1 Å². The molecule has 4 nitrogen and oxygen atoms in total. The van der Waals surface area contributed by atoms with E-state index in [-0.39, 0.29) is 11.9 Å². The Balaban J connectivity index is 2.03. The van der Waals surface area contributed by atoms with Crippen molar-refractivity contribution in [3.05, 3.63) is 29.8 Å². The lowest BCUT2D eigenvalue weighted by atomic mass is 10.0. The number of rotatable bonds is 4. The van der Waals surface area contributed by atoms with Crippen molar-refractivity contribution in [1.29, 1.82) is 0 Å².